The minimum absolute atomic E-state index is 0.159. The zero-order chi connectivity index (χ0) is 18.8. The molecule has 1 heterocycles. The van der Waals surface area contributed by atoms with E-state index in [1.54, 1.807) is 41.4 Å². The van der Waals surface area contributed by atoms with Crippen LogP contribution in [0.25, 0.3) is 5.69 Å². The Balaban J connectivity index is 1.56. The maximum Gasteiger partial charge on any atom is 0.257 e. The van der Waals surface area contributed by atoms with Crippen LogP contribution in [0.3, 0.4) is 0 Å². The second kappa shape index (κ2) is 7.31. The minimum Gasteiger partial charge on any atom is -0.334 e. The quantitative estimate of drug-likeness (QED) is 0.655. The number of rotatable bonds is 6. The number of nitrogens with zero attached hydrogens (tertiary/aromatic N) is 3. The van der Waals surface area contributed by atoms with Gasteiger partial charge >= 0.3 is 0 Å². The molecule has 0 radical (unpaired) electrons. The normalized spacial score (nSPS) is 13.6. The molecule has 138 valence electrons. The number of carbonyl (C=O) groups excluding carboxylic acids is 1. The van der Waals surface area contributed by atoms with Crippen LogP contribution in [0.2, 0.25) is 0 Å². The Morgan fingerprint density at radius 2 is 1.85 bits per heavy atom. The molecular formula is C21H19F2N3O. The van der Waals surface area contributed by atoms with Gasteiger partial charge in [-0.05, 0) is 48.6 Å². The predicted octanol–water partition coefficient (Wildman–Crippen LogP) is 4.20. The maximum atomic E-state index is 14.0. The van der Waals surface area contributed by atoms with Crippen LogP contribution in [-0.2, 0) is 6.54 Å². The van der Waals surface area contributed by atoms with Crippen molar-refractivity contribution in [3.8, 4) is 5.69 Å². The Morgan fingerprint density at radius 3 is 2.56 bits per heavy atom. The molecule has 0 N–H and O–H groups in total. The van der Waals surface area contributed by atoms with Crippen molar-refractivity contribution in [3.05, 3.63) is 83.7 Å². The number of amides is 1. The van der Waals surface area contributed by atoms with E-state index in [-0.39, 0.29) is 11.7 Å². The Hall–Kier alpha value is -3.02. The Morgan fingerprint density at radius 1 is 1.11 bits per heavy atom. The van der Waals surface area contributed by atoms with Crippen molar-refractivity contribution in [2.24, 2.45) is 5.92 Å². The lowest BCUT2D eigenvalue weighted by atomic mass is 10.2. The SMILES string of the molecule is O=C(c1cnn(-c2ccccc2F)c1)N(Cc1ccc(F)cc1)CC1CC1. The summed E-state index contributed by atoms with van der Waals surface area (Å²) in [5, 5.41) is 4.14. The highest BCUT2D eigenvalue weighted by molar-refractivity contribution is 5.93. The van der Waals surface area contributed by atoms with Crippen LogP contribution in [-0.4, -0.2) is 27.1 Å². The average molecular weight is 367 g/mol. The predicted molar refractivity (Wildman–Crippen MR) is 97.4 cm³/mol. The first-order valence-electron chi connectivity index (χ1n) is 8.93. The van der Waals surface area contributed by atoms with Crippen molar-refractivity contribution in [1.82, 2.24) is 14.7 Å². The molecule has 2 aromatic carbocycles. The highest BCUT2D eigenvalue weighted by Gasteiger charge is 2.28. The van der Waals surface area contributed by atoms with Crippen molar-refractivity contribution in [2.45, 2.75) is 19.4 Å². The molecule has 6 heteroatoms. The number of aromatic nitrogens is 2. The van der Waals surface area contributed by atoms with Gasteiger partial charge in [-0.3, -0.25) is 4.79 Å². The zero-order valence-electron chi connectivity index (χ0n) is 14.7. The first-order chi connectivity index (χ1) is 13.1. The average Bonchev–Trinajstić information content (AvgIpc) is 3.36. The summed E-state index contributed by atoms with van der Waals surface area (Å²) >= 11 is 0. The summed E-state index contributed by atoms with van der Waals surface area (Å²) in [6.45, 7) is 1.06. The van der Waals surface area contributed by atoms with E-state index in [9.17, 15) is 13.6 Å². The molecule has 1 aliphatic rings. The summed E-state index contributed by atoms with van der Waals surface area (Å²) in [5.41, 5.74) is 1.57. The third-order valence-corrected chi connectivity index (χ3v) is 4.68. The van der Waals surface area contributed by atoms with Crippen LogP contribution >= 0.6 is 0 Å². The fraction of sp³-hybridized carbons (Fsp3) is 0.238. The molecule has 0 saturated heterocycles. The van der Waals surface area contributed by atoms with Crippen LogP contribution in [0.5, 0.6) is 0 Å². The van der Waals surface area contributed by atoms with Crippen LogP contribution in [0.4, 0.5) is 8.78 Å². The molecule has 3 aromatic rings. The molecule has 0 spiro atoms. The molecule has 27 heavy (non-hydrogen) atoms. The smallest absolute Gasteiger partial charge is 0.257 e. The highest BCUT2D eigenvalue weighted by atomic mass is 19.1. The fourth-order valence-corrected chi connectivity index (χ4v) is 3.03. The Bertz CT molecular complexity index is 948. The van der Waals surface area contributed by atoms with Crippen LogP contribution in [0, 0.1) is 17.6 Å². The van der Waals surface area contributed by atoms with Crippen molar-refractivity contribution in [2.75, 3.05) is 6.54 Å². The molecule has 1 aliphatic carbocycles. The van der Waals surface area contributed by atoms with E-state index in [1.807, 2.05) is 0 Å². The van der Waals surface area contributed by atoms with E-state index in [0.717, 1.165) is 18.4 Å². The molecule has 1 aromatic heterocycles. The molecule has 0 aliphatic heterocycles. The largest absolute Gasteiger partial charge is 0.334 e. The number of para-hydroxylation sites is 1. The molecule has 1 fully saturated rings. The Kier molecular flexibility index (Phi) is 4.71. The summed E-state index contributed by atoms with van der Waals surface area (Å²) in [7, 11) is 0. The number of benzene rings is 2. The van der Waals surface area contributed by atoms with Gasteiger partial charge in [0.2, 0.25) is 0 Å². The zero-order valence-corrected chi connectivity index (χ0v) is 14.7. The lowest BCUT2D eigenvalue weighted by Gasteiger charge is -2.22. The molecule has 0 bridgehead atoms. The minimum atomic E-state index is -0.402. The molecule has 4 nitrogen and oxygen atoms in total. The number of halogens is 2. The lowest BCUT2D eigenvalue weighted by Crippen LogP contribution is -2.32. The highest BCUT2D eigenvalue weighted by Crippen LogP contribution is 2.30. The van der Waals surface area contributed by atoms with Crippen molar-refractivity contribution in [1.29, 1.82) is 0 Å². The van der Waals surface area contributed by atoms with Crippen molar-refractivity contribution < 1.29 is 13.6 Å². The second-order valence-corrected chi connectivity index (χ2v) is 6.88. The van der Waals surface area contributed by atoms with E-state index >= 15 is 0 Å². The molecule has 1 amide bonds. The Labute approximate surface area is 156 Å². The van der Waals surface area contributed by atoms with E-state index in [0.29, 0.717) is 30.3 Å². The van der Waals surface area contributed by atoms with Gasteiger partial charge < -0.3 is 4.90 Å². The van der Waals surface area contributed by atoms with Gasteiger partial charge in [-0.15, -0.1) is 0 Å². The number of hydrogen-bond donors (Lipinski definition) is 0. The lowest BCUT2D eigenvalue weighted by molar-refractivity contribution is 0.0735. The summed E-state index contributed by atoms with van der Waals surface area (Å²) in [4.78, 5) is 14.8. The number of hydrogen-bond acceptors (Lipinski definition) is 2. The standard InChI is InChI=1S/C21H19F2N3O/c22-18-9-7-16(8-10-18)13-25(12-15-5-6-15)21(27)17-11-24-26(14-17)20-4-2-1-3-19(20)23/h1-4,7-11,14-15H,5-6,12-13H2. The summed E-state index contributed by atoms with van der Waals surface area (Å²) in [6.07, 6.45) is 5.23. The fourth-order valence-electron chi connectivity index (χ4n) is 3.03. The van der Waals surface area contributed by atoms with E-state index in [1.165, 1.54) is 29.1 Å². The second-order valence-electron chi connectivity index (χ2n) is 6.88. The number of carbonyl (C=O) groups is 1. The van der Waals surface area contributed by atoms with E-state index < -0.39 is 5.82 Å². The molecular weight excluding hydrogens is 348 g/mol. The summed E-state index contributed by atoms with van der Waals surface area (Å²) < 4.78 is 28.5. The summed E-state index contributed by atoms with van der Waals surface area (Å²) in [6, 6.07) is 12.4. The van der Waals surface area contributed by atoms with E-state index in [4.69, 9.17) is 0 Å². The van der Waals surface area contributed by atoms with Gasteiger partial charge in [0, 0.05) is 19.3 Å². The first-order valence-corrected chi connectivity index (χ1v) is 8.93. The van der Waals surface area contributed by atoms with Gasteiger partial charge in [0.1, 0.15) is 17.3 Å². The first kappa shape index (κ1) is 17.4. The van der Waals surface area contributed by atoms with Crippen molar-refractivity contribution in [3.63, 3.8) is 0 Å². The monoisotopic (exact) mass is 367 g/mol. The van der Waals surface area contributed by atoms with E-state index in [2.05, 4.69) is 5.10 Å². The van der Waals surface area contributed by atoms with Crippen molar-refractivity contribution >= 4 is 5.91 Å². The summed E-state index contributed by atoms with van der Waals surface area (Å²) in [5.74, 6) is -0.351. The third-order valence-electron chi connectivity index (χ3n) is 4.68. The van der Waals surface area contributed by atoms with Crippen LogP contribution < -0.4 is 0 Å². The molecule has 1 saturated carbocycles. The molecule has 0 atom stereocenters. The molecule has 0 unspecified atom stereocenters. The van der Waals surface area contributed by atoms with Gasteiger partial charge in [-0.1, -0.05) is 24.3 Å². The topological polar surface area (TPSA) is 38.1 Å². The van der Waals surface area contributed by atoms with Gasteiger partial charge in [0.05, 0.1) is 11.8 Å². The van der Waals surface area contributed by atoms with Gasteiger partial charge in [0.15, 0.2) is 0 Å². The van der Waals surface area contributed by atoms with Gasteiger partial charge in [-0.2, -0.15) is 5.10 Å². The van der Waals surface area contributed by atoms with Gasteiger partial charge in [-0.25, -0.2) is 13.5 Å². The third kappa shape index (κ3) is 4.05. The molecule has 4 rings (SSSR count). The van der Waals surface area contributed by atoms with Crippen LogP contribution in [0.1, 0.15) is 28.8 Å². The van der Waals surface area contributed by atoms with Crippen LogP contribution in [0.15, 0.2) is 60.9 Å². The maximum absolute atomic E-state index is 14.0. The van der Waals surface area contributed by atoms with Gasteiger partial charge in [0.25, 0.3) is 5.91 Å².